The Morgan fingerprint density at radius 1 is 1.60 bits per heavy atom. The molecular formula is C11H12BrFO2. The maximum Gasteiger partial charge on any atom is 0.303 e. The molecule has 1 N–H and O–H groups in total. The molecule has 1 rings (SSSR count). The van der Waals surface area contributed by atoms with Gasteiger partial charge in [0.15, 0.2) is 0 Å². The fraction of sp³-hybridized carbons (Fsp3) is 0.364. The Morgan fingerprint density at radius 3 is 2.87 bits per heavy atom. The van der Waals surface area contributed by atoms with Crippen molar-refractivity contribution in [3.8, 4) is 0 Å². The van der Waals surface area contributed by atoms with Crippen molar-refractivity contribution in [2.75, 3.05) is 0 Å². The second kappa shape index (κ2) is 5.26. The molecule has 0 aromatic heterocycles. The molecule has 0 aliphatic rings. The molecule has 0 radical (unpaired) electrons. The van der Waals surface area contributed by atoms with Gasteiger partial charge in [-0.1, -0.05) is 19.1 Å². The number of hydrogen-bond acceptors (Lipinski definition) is 1. The van der Waals surface area contributed by atoms with Gasteiger partial charge in [-0.2, -0.15) is 0 Å². The van der Waals surface area contributed by atoms with Gasteiger partial charge in [-0.3, -0.25) is 4.79 Å². The van der Waals surface area contributed by atoms with Crippen molar-refractivity contribution in [3.63, 3.8) is 0 Å². The standard InChI is InChI=1S/C11H12BrFO2/c1-7(6-10(14)15)5-8-3-2-4-9(13)11(8)12/h2-4,7H,5-6H2,1H3,(H,14,15). The zero-order valence-electron chi connectivity index (χ0n) is 8.34. The highest BCUT2D eigenvalue weighted by atomic mass is 79.9. The van der Waals surface area contributed by atoms with E-state index in [1.807, 2.05) is 6.92 Å². The van der Waals surface area contributed by atoms with Crippen LogP contribution in [0, 0.1) is 11.7 Å². The minimum atomic E-state index is -0.824. The lowest BCUT2D eigenvalue weighted by molar-refractivity contribution is -0.137. The topological polar surface area (TPSA) is 37.3 Å². The average molecular weight is 275 g/mol. The van der Waals surface area contributed by atoms with Gasteiger partial charge in [0, 0.05) is 6.42 Å². The van der Waals surface area contributed by atoms with Crippen LogP contribution in [-0.2, 0) is 11.2 Å². The zero-order chi connectivity index (χ0) is 11.4. The van der Waals surface area contributed by atoms with E-state index >= 15 is 0 Å². The Hall–Kier alpha value is -0.900. The first-order valence-electron chi connectivity index (χ1n) is 4.65. The van der Waals surface area contributed by atoms with Crippen molar-refractivity contribution >= 4 is 21.9 Å². The Labute approximate surface area is 96.2 Å². The molecule has 1 atom stereocenters. The fourth-order valence-electron chi connectivity index (χ4n) is 1.45. The quantitative estimate of drug-likeness (QED) is 0.915. The third-order valence-electron chi connectivity index (χ3n) is 2.12. The molecule has 2 nitrogen and oxygen atoms in total. The van der Waals surface area contributed by atoms with E-state index in [0.717, 1.165) is 5.56 Å². The smallest absolute Gasteiger partial charge is 0.303 e. The SMILES string of the molecule is CC(CC(=O)O)Cc1cccc(F)c1Br. The van der Waals surface area contributed by atoms with Crippen LogP contribution in [0.3, 0.4) is 0 Å². The van der Waals surface area contributed by atoms with E-state index in [1.165, 1.54) is 6.07 Å². The molecule has 0 aliphatic carbocycles. The second-order valence-electron chi connectivity index (χ2n) is 3.62. The Morgan fingerprint density at radius 2 is 2.27 bits per heavy atom. The minimum absolute atomic E-state index is 0.000556. The summed E-state index contributed by atoms with van der Waals surface area (Å²) in [4.78, 5) is 10.5. The number of carboxylic acids is 1. The van der Waals surface area contributed by atoms with Crippen LogP contribution in [0.2, 0.25) is 0 Å². The van der Waals surface area contributed by atoms with Crippen molar-refractivity contribution in [2.24, 2.45) is 5.92 Å². The summed E-state index contributed by atoms with van der Waals surface area (Å²) in [5.41, 5.74) is 0.809. The van der Waals surface area contributed by atoms with Crippen molar-refractivity contribution < 1.29 is 14.3 Å². The number of benzene rings is 1. The number of aliphatic carboxylic acids is 1. The number of hydrogen-bond donors (Lipinski definition) is 1. The van der Waals surface area contributed by atoms with E-state index in [2.05, 4.69) is 15.9 Å². The largest absolute Gasteiger partial charge is 0.481 e. The van der Waals surface area contributed by atoms with Crippen molar-refractivity contribution in [3.05, 3.63) is 34.1 Å². The van der Waals surface area contributed by atoms with Gasteiger partial charge in [0.2, 0.25) is 0 Å². The minimum Gasteiger partial charge on any atom is -0.481 e. The molecule has 15 heavy (non-hydrogen) atoms. The van der Waals surface area contributed by atoms with E-state index in [0.29, 0.717) is 10.9 Å². The van der Waals surface area contributed by atoms with Gasteiger partial charge < -0.3 is 5.11 Å². The summed E-state index contributed by atoms with van der Waals surface area (Å²) in [6.45, 7) is 1.84. The van der Waals surface area contributed by atoms with Crippen LogP contribution in [0.1, 0.15) is 18.9 Å². The monoisotopic (exact) mass is 274 g/mol. The zero-order valence-corrected chi connectivity index (χ0v) is 9.92. The molecule has 4 heteroatoms. The molecule has 0 aliphatic heterocycles. The molecule has 82 valence electrons. The summed E-state index contributed by atoms with van der Waals surface area (Å²) in [5.74, 6) is -1.13. The van der Waals surface area contributed by atoms with Gasteiger partial charge in [-0.15, -0.1) is 0 Å². The second-order valence-corrected chi connectivity index (χ2v) is 4.41. The summed E-state index contributed by atoms with van der Waals surface area (Å²) in [6, 6.07) is 4.80. The number of carbonyl (C=O) groups is 1. The number of rotatable bonds is 4. The highest BCUT2D eigenvalue weighted by Gasteiger charge is 2.12. The molecular weight excluding hydrogens is 263 g/mol. The van der Waals surface area contributed by atoms with Crippen LogP contribution < -0.4 is 0 Å². The molecule has 0 fully saturated rings. The van der Waals surface area contributed by atoms with Crippen molar-refractivity contribution in [1.29, 1.82) is 0 Å². The van der Waals surface area contributed by atoms with Gasteiger partial charge in [0.05, 0.1) is 4.47 Å². The van der Waals surface area contributed by atoms with Crippen LogP contribution in [0.5, 0.6) is 0 Å². The maximum atomic E-state index is 13.1. The van der Waals surface area contributed by atoms with Crippen LogP contribution >= 0.6 is 15.9 Å². The summed E-state index contributed by atoms with van der Waals surface area (Å²) >= 11 is 3.15. The number of halogens is 2. The highest BCUT2D eigenvalue weighted by Crippen LogP contribution is 2.23. The van der Waals surface area contributed by atoms with Gasteiger partial charge in [-0.05, 0) is 39.9 Å². The van der Waals surface area contributed by atoms with Crippen LogP contribution in [-0.4, -0.2) is 11.1 Å². The number of carboxylic acid groups (broad SMARTS) is 1. The normalized spacial score (nSPS) is 12.5. The Kier molecular flexibility index (Phi) is 4.27. The van der Waals surface area contributed by atoms with E-state index < -0.39 is 5.97 Å². The predicted octanol–water partition coefficient (Wildman–Crippen LogP) is 3.24. The lowest BCUT2D eigenvalue weighted by atomic mass is 9.98. The Balaban J connectivity index is 2.72. The molecule has 0 heterocycles. The molecule has 0 amide bonds. The summed E-state index contributed by atoms with van der Waals surface area (Å²) in [5, 5.41) is 8.60. The third kappa shape index (κ3) is 3.63. The first-order chi connectivity index (χ1) is 7.00. The predicted molar refractivity (Wildman–Crippen MR) is 59.2 cm³/mol. The molecule has 1 aromatic carbocycles. The van der Waals surface area contributed by atoms with E-state index in [-0.39, 0.29) is 18.2 Å². The van der Waals surface area contributed by atoms with E-state index in [9.17, 15) is 9.18 Å². The summed E-state index contributed by atoms with van der Waals surface area (Å²) in [7, 11) is 0. The lowest BCUT2D eigenvalue weighted by Crippen LogP contribution is -2.07. The Bertz CT molecular complexity index is 366. The first-order valence-corrected chi connectivity index (χ1v) is 5.44. The van der Waals surface area contributed by atoms with Gasteiger partial charge >= 0.3 is 5.97 Å². The van der Waals surface area contributed by atoms with E-state index in [4.69, 9.17) is 5.11 Å². The summed E-state index contributed by atoms with van der Waals surface area (Å²) in [6.07, 6.45) is 0.660. The molecule has 1 aromatic rings. The van der Waals surface area contributed by atoms with Crippen molar-refractivity contribution in [2.45, 2.75) is 19.8 Å². The lowest BCUT2D eigenvalue weighted by Gasteiger charge is -2.10. The molecule has 1 unspecified atom stereocenters. The molecule has 0 saturated heterocycles. The summed E-state index contributed by atoms with van der Waals surface area (Å²) < 4.78 is 13.6. The van der Waals surface area contributed by atoms with Gasteiger partial charge in [-0.25, -0.2) is 4.39 Å². The molecule has 0 spiro atoms. The van der Waals surface area contributed by atoms with Crippen LogP contribution in [0.4, 0.5) is 4.39 Å². The van der Waals surface area contributed by atoms with Gasteiger partial charge in [0.25, 0.3) is 0 Å². The third-order valence-corrected chi connectivity index (χ3v) is 3.01. The molecule has 0 saturated carbocycles. The van der Waals surface area contributed by atoms with Crippen LogP contribution in [0.25, 0.3) is 0 Å². The highest BCUT2D eigenvalue weighted by molar-refractivity contribution is 9.10. The van der Waals surface area contributed by atoms with Crippen molar-refractivity contribution in [1.82, 2.24) is 0 Å². The fourth-order valence-corrected chi connectivity index (χ4v) is 1.88. The van der Waals surface area contributed by atoms with E-state index in [1.54, 1.807) is 12.1 Å². The van der Waals surface area contributed by atoms with Crippen LogP contribution in [0.15, 0.2) is 22.7 Å². The molecule has 0 bridgehead atoms. The average Bonchev–Trinajstić information content (AvgIpc) is 2.11. The maximum absolute atomic E-state index is 13.1. The first kappa shape index (κ1) is 12.2. The van der Waals surface area contributed by atoms with Gasteiger partial charge in [0.1, 0.15) is 5.82 Å².